The van der Waals surface area contributed by atoms with Gasteiger partial charge in [0.25, 0.3) is 15.9 Å². The maximum absolute atomic E-state index is 12.5. The van der Waals surface area contributed by atoms with Crippen molar-refractivity contribution in [2.24, 2.45) is 0 Å². The van der Waals surface area contributed by atoms with Gasteiger partial charge in [-0.15, -0.1) is 0 Å². The van der Waals surface area contributed by atoms with Gasteiger partial charge in [-0.1, -0.05) is 35.9 Å². The summed E-state index contributed by atoms with van der Waals surface area (Å²) in [6.45, 7) is 0.0139. The smallest absolute Gasteiger partial charge is 0.261 e. The Balaban J connectivity index is 1.58. The Morgan fingerprint density at radius 3 is 2.48 bits per heavy atom. The molecule has 29 heavy (non-hydrogen) atoms. The summed E-state index contributed by atoms with van der Waals surface area (Å²) in [5.74, 6) is -0.146. The molecule has 0 saturated carbocycles. The lowest BCUT2D eigenvalue weighted by Crippen LogP contribution is -2.28. The molecule has 0 radical (unpaired) electrons. The van der Waals surface area contributed by atoms with Crippen LogP contribution >= 0.6 is 11.6 Å². The van der Waals surface area contributed by atoms with Crippen LogP contribution < -0.4 is 14.8 Å². The van der Waals surface area contributed by atoms with Crippen molar-refractivity contribution in [2.45, 2.75) is 11.4 Å². The van der Waals surface area contributed by atoms with Gasteiger partial charge in [-0.2, -0.15) is 0 Å². The van der Waals surface area contributed by atoms with Gasteiger partial charge in [0.1, 0.15) is 5.75 Å². The molecule has 0 bridgehead atoms. The largest absolute Gasteiger partial charge is 0.482 e. The number of halogens is 1. The molecule has 0 unspecified atom stereocenters. The monoisotopic (exact) mass is 431 g/mol. The first kappa shape index (κ1) is 20.6. The maximum atomic E-state index is 12.5. The highest BCUT2D eigenvalue weighted by Crippen LogP contribution is 2.28. The second kappa shape index (κ2) is 9.40. The fourth-order valence-corrected chi connectivity index (χ4v) is 3.76. The Hall–Kier alpha value is -3.10. The number of carbonyl (C=O) groups excluding carboxylic acids is 1. The minimum absolute atomic E-state index is 0.0155. The van der Waals surface area contributed by atoms with E-state index in [-0.39, 0.29) is 34.7 Å². The number of anilines is 1. The Morgan fingerprint density at radius 1 is 1.03 bits per heavy atom. The van der Waals surface area contributed by atoms with E-state index in [4.69, 9.17) is 16.3 Å². The van der Waals surface area contributed by atoms with Crippen LogP contribution in [0.5, 0.6) is 5.75 Å². The standard InChI is InChI=1S/C20H18ClN3O4S/c21-18-12-17(29(26,27)24-15-6-2-1-3-7-15)9-10-19(18)28-14-20(25)23-13-16-8-4-5-11-22-16/h1-12,24H,13-14H2,(H,23,25). The van der Waals surface area contributed by atoms with Crippen LogP contribution in [0.25, 0.3) is 0 Å². The number of rotatable bonds is 8. The minimum atomic E-state index is -3.80. The van der Waals surface area contributed by atoms with Gasteiger partial charge >= 0.3 is 0 Å². The summed E-state index contributed by atoms with van der Waals surface area (Å²) < 4.78 is 32.8. The lowest BCUT2D eigenvalue weighted by atomic mass is 10.3. The molecule has 150 valence electrons. The molecule has 0 spiro atoms. The summed E-state index contributed by atoms with van der Waals surface area (Å²) in [6, 6.07) is 18.0. The number of para-hydroxylation sites is 1. The first-order chi connectivity index (χ1) is 13.9. The van der Waals surface area contributed by atoms with Crippen LogP contribution in [-0.4, -0.2) is 25.9 Å². The molecule has 0 aliphatic carbocycles. The number of nitrogens with one attached hydrogen (secondary N) is 2. The summed E-state index contributed by atoms with van der Waals surface area (Å²) in [5.41, 5.74) is 1.16. The number of benzene rings is 2. The van der Waals surface area contributed by atoms with E-state index >= 15 is 0 Å². The van der Waals surface area contributed by atoms with E-state index in [9.17, 15) is 13.2 Å². The van der Waals surface area contributed by atoms with E-state index in [0.717, 1.165) is 5.69 Å². The van der Waals surface area contributed by atoms with Crippen molar-refractivity contribution >= 4 is 33.2 Å². The van der Waals surface area contributed by atoms with Crippen LogP contribution in [0, 0.1) is 0 Å². The third kappa shape index (κ3) is 5.94. The Labute approximate surface area is 173 Å². The molecule has 1 heterocycles. The Morgan fingerprint density at radius 2 is 1.79 bits per heavy atom. The number of pyridine rings is 1. The summed E-state index contributed by atoms with van der Waals surface area (Å²) in [7, 11) is -3.80. The number of amides is 1. The van der Waals surface area contributed by atoms with Crippen molar-refractivity contribution < 1.29 is 17.9 Å². The average Bonchev–Trinajstić information content (AvgIpc) is 2.72. The van der Waals surface area contributed by atoms with Crippen molar-refractivity contribution in [3.05, 3.63) is 83.6 Å². The van der Waals surface area contributed by atoms with Crippen LogP contribution in [0.4, 0.5) is 5.69 Å². The third-order valence-electron chi connectivity index (χ3n) is 3.79. The highest BCUT2D eigenvalue weighted by Gasteiger charge is 2.17. The quantitative estimate of drug-likeness (QED) is 0.570. The average molecular weight is 432 g/mol. The number of nitrogens with zero attached hydrogens (tertiary/aromatic N) is 1. The van der Waals surface area contributed by atoms with Gasteiger partial charge in [0.2, 0.25) is 0 Å². The van der Waals surface area contributed by atoms with Gasteiger partial charge < -0.3 is 10.1 Å². The van der Waals surface area contributed by atoms with Crippen molar-refractivity contribution in [3.8, 4) is 5.75 Å². The fraction of sp³-hybridized carbons (Fsp3) is 0.100. The summed E-state index contributed by atoms with van der Waals surface area (Å²) in [5, 5.41) is 2.76. The van der Waals surface area contributed by atoms with Gasteiger partial charge in [0, 0.05) is 11.9 Å². The zero-order valence-corrected chi connectivity index (χ0v) is 16.8. The lowest BCUT2D eigenvalue weighted by Gasteiger charge is -2.11. The van der Waals surface area contributed by atoms with Gasteiger partial charge in [-0.25, -0.2) is 8.42 Å². The van der Waals surface area contributed by atoms with Gasteiger partial charge in [-0.3, -0.25) is 14.5 Å². The Kier molecular flexibility index (Phi) is 6.69. The molecule has 3 rings (SSSR count). The SMILES string of the molecule is O=C(COc1ccc(S(=O)(=O)Nc2ccccc2)cc1Cl)NCc1ccccn1. The first-order valence-corrected chi connectivity index (χ1v) is 10.5. The molecule has 1 amide bonds. The number of ether oxygens (including phenoxy) is 1. The van der Waals surface area contributed by atoms with Crippen molar-refractivity contribution in [1.29, 1.82) is 0 Å². The number of carbonyl (C=O) groups is 1. The second-order valence-corrected chi connectivity index (χ2v) is 8.04. The molecule has 0 fully saturated rings. The van der Waals surface area contributed by atoms with Crippen LogP contribution in [0.3, 0.4) is 0 Å². The molecule has 0 aliphatic rings. The minimum Gasteiger partial charge on any atom is -0.482 e. The summed E-state index contributed by atoms with van der Waals surface area (Å²) in [4.78, 5) is 16.0. The van der Waals surface area contributed by atoms with Gasteiger partial charge in [0.15, 0.2) is 6.61 Å². The molecular weight excluding hydrogens is 414 g/mol. The number of hydrogen-bond donors (Lipinski definition) is 2. The van der Waals surface area contributed by atoms with E-state index < -0.39 is 10.0 Å². The van der Waals surface area contributed by atoms with E-state index in [2.05, 4.69) is 15.0 Å². The molecule has 0 aliphatic heterocycles. The van der Waals surface area contributed by atoms with Gasteiger partial charge in [0.05, 0.1) is 22.2 Å². The predicted octanol–water partition coefficient (Wildman–Crippen LogP) is 3.23. The van der Waals surface area contributed by atoms with Crippen LogP contribution in [0.15, 0.2) is 77.8 Å². The fourth-order valence-electron chi connectivity index (χ4n) is 2.37. The van der Waals surface area contributed by atoms with Crippen molar-refractivity contribution in [1.82, 2.24) is 10.3 Å². The van der Waals surface area contributed by atoms with Crippen molar-refractivity contribution in [3.63, 3.8) is 0 Å². The highest BCUT2D eigenvalue weighted by atomic mass is 35.5. The van der Waals surface area contributed by atoms with Gasteiger partial charge in [-0.05, 0) is 42.5 Å². The number of aromatic nitrogens is 1. The molecule has 7 nitrogen and oxygen atoms in total. The van der Waals surface area contributed by atoms with Crippen LogP contribution in [0.2, 0.25) is 5.02 Å². The molecule has 3 aromatic rings. The summed E-state index contributed by atoms with van der Waals surface area (Å²) in [6.07, 6.45) is 1.64. The highest BCUT2D eigenvalue weighted by molar-refractivity contribution is 7.92. The molecule has 1 aromatic heterocycles. The van der Waals surface area contributed by atoms with E-state index in [1.807, 2.05) is 6.07 Å². The molecule has 0 saturated heterocycles. The molecule has 9 heteroatoms. The van der Waals surface area contributed by atoms with E-state index in [1.165, 1.54) is 18.2 Å². The Bertz CT molecular complexity index is 1080. The number of sulfonamides is 1. The van der Waals surface area contributed by atoms with E-state index in [1.54, 1.807) is 48.7 Å². The van der Waals surface area contributed by atoms with E-state index in [0.29, 0.717) is 5.69 Å². The number of hydrogen-bond acceptors (Lipinski definition) is 5. The van der Waals surface area contributed by atoms with Crippen LogP contribution in [0.1, 0.15) is 5.69 Å². The maximum Gasteiger partial charge on any atom is 0.261 e. The van der Waals surface area contributed by atoms with Crippen molar-refractivity contribution in [2.75, 3.05) is 11.3 Å². The molecular formula is C20H18ClN3O4S. The third-order valence-corrected chi connectivity index (χ3v) is 5.47. The lowest BCUT2D eigenvalue weighted by molar-refractivity contribution is -0.123. The normalized spacial score (nSPS) is 10.9. The first-order valence-electron chi connectivity index (χ1n) is 8.61. The summed E-state index contributed by atoms with van der Waals surface area (Å²) >= 11 is 6.14. The zero-order chi connectivity index (χ0) is 20.7. The van der Waals surface area contributed by atoms with Crippen LogP contribution in [-0.2, 0) is 21.4 Å². The molecule has 0 atom stereocenters. The predicted molar refractivity (Wildman–Crippen MR) is 110 cm³/mol. The zero-order valence-electron chi connectivity index (χ0n) is 15.2. The topological polar surface area (TPSA) is 97.4 Å². The molecule has 2 N–H and O–H groups in total. The second-order valence-electron chi connectivity index (χ2n) is 5.95. The molecule has 2 aromatic carbocycles.